The molecule has 1 fully saturated rings. The lowest BCUT2D eigenvalue weighted by Gasteiger charge is -2.33. The van der Waals surface area contributed by atoms with Crippen LogP contribution >= 0.6 is 0 Å². The lowest BCUT2D eigenvalue weighted by atomic mass is 9.95. The van der Waals surface area contributed by atoms with Gasteiger partial charge in [0.2, 0.25) is 11.9 Å². The molecule has 1 aromatic heterocycles. The Labute approximate surface area is 167 Å². The minimum absolute atomic E-state index is 0.0899. The Balaban J connectivity index is 1.37. The van der Waals surface area contributed by atoms with E-state index in [9.17, 15) is 4.79 Å². The Hall–Kier alpha value is -2.63. The van der Waals surface area contributed by atoms with Crippen LogP contribution in [0.5, 0.6) is 5.75 Å². The lowest BCUT2D eigenvalue weighted by molar-refractivity contribution is -0.134. The van der Waals surface area contributed by atoms with E-state index in [0.717, 1.165) is 50.5 Å². The van der Waals surface area contributed by atoms with Crippen LogP contribution in [-0.4, -0.2) is 54.1 Å². The molecule has 150 valence electrons. The van der Waals surface area contributed by atoms with Crippen molar-refractivity contribution in [3.63, 3.8) is 0 Å². The number of hydrogen-bond donors (Lipinski definition) is 0. The van der Waals surface area contributed by atoms with E-state index in [2.05, 4.69) is 33.9 Å². The highest BCUT2D eigenvalue weighted by Crippen LogP contribution is 2.22. The highest BCUT2D eigenvalue weighted by atomic mass is 16.5. The standard InChI is InChI=1S/C22H30N4O2/c1-3-18-7-4-8-20(17-18)28-16-6-13-25(2)21(27)19-9-14-26(15-10-19)22-23-11-5-12-24-22/h4-5,7-8,11-12,17,19H,3,6,9-10,13-16H2,1-2H3. The summed E-state index contributed by atoms with van der Waals surface area (Å²) in [5.41, 5.74) is 1.28. The van der Waals surface area contributed by atoms with Crippen LogP contribution in [0.3, 0.4) is 0 Å². The molecule has 1 aromatic carbocycles. The van der Waals surface area contributed by atoms with E-state index in [1.165, 1.54) is 5.56 Å². The number of hydrogen-bond acceptors (Lipinski definition) is 5. The van der Waals surface area contributed by atoms with Crippen LogP contribution in [0.2, 0.25) is 0 Å². The van der Waals surface area contributed by atoms with Gasteiger partial charge in [0.25, 0.3) is 0 Å². The lowest BCUT2D eigenvalue weighted by Crippen LogP contribution is -2.42. The largest absolute Gasteiger partial charge is 0.494 e. The number of carbonyl (C=O) groups is 1. The molecule has 6 heteroatoms. The summed E-state index contributed by atoms with van der Waals surface area (Å²) < 4.78 is 5.83. The van der Waals surface area contributed by atoms with Gasteiger partial charge in [-0.1, -0.05) is 19.1 Å². The van der Waals surface area contributed by atoms with Gasteiger partial charge in [0.15, 0.2) is 0 Å². The van der Waals surface area contributed by atoms with Gasteiger partial charge in [-0.3, -0.25) is 4.79 Å². The fourth-order valence-corrected chi connectivity index (χ4v) is 3.55. The fourth-order valence-electron chi connectivity index (χ4n) is 3.55. The second-order valence-corrected chi connectivity index (χ2v) is 7.27. The molecule has 1 amide bonds. The number of anilines is 1. The van der Waals surface area contributed by atoms with Gasteiger partial charge < -0.3 is 14.5 Å². The van der Waals surface area contributed by atoms with Crippen molar-refractivity contribution in [3.8, 4) is 5.75 Å². The van der Waals surface area contributed by atoms with Crippen LogP contribution in [0.25, 0.3) is 0 Å². The average molecular weight is 383 g/mol. The van der Waals surface area contributed by atoms with Crippen molar-refractivity contribution in [3.05, 3.63) is 48.3 Å². The van der Waals surface area contributed by atoms with E-state index in [4.69, 9.17) is 4.74 Å². The van der Waals surface area contributed by atoms with E-state index >= 15 is 0 Å². The van der Waals surface area contributed by atoms with Gasteiger partial charge >= 0.3 is 0 Å². The molecule has 1 saturated heterocycles. The first-order chi connectivity index (χ1) is 13.7. The number of carbonyl (C=O) groups excluding carboxylic acids is 1. The molecule has 1 aliphatic heterocycles. The Morgan fingerprint density at radius 2 is 1.96 bits per heavy atom. The van der Waals surface area contributed by atoms with E-state index < -0.39 is 0 Å². The third-order valence-corrected chi connectivity index (χ3v) is 5.27. The monoisotopic (exact) mass is 382 g/mol. The van der Waals surface area contributed by atoms with Crippen molar-refractivity contribution in [1.29, 1.82) is 0 Å². The summed E-state index contributed by atoms with van der Waals surface area (Å²) in [6.07, 6.45) is 7.05. The van der Waals surface area contributed by atoms with Crippen LogP contribution in [0, 0.1) is 5.92 Å². The predicted octanol–water partition coefficient (Wildman–Crippen LogP) is 3.18. The summed E-state index contributed by atoms with van der Waals surface area (Å²) in [6, 6.07) is 10.0. The van der Waals surface area contributed by atoms with Gasteiger partial charge in [-0.15, -0.1) is 0 Å². The molecule has 0 radical (unpaired) electrons. The molecule has 2 heterocycles. The minimum Gasteiger partial charge on any atom is -0.494 e. The summed E-state index contributed by atoms with van der Waals surface area (Å²) in [5.74, 6) is 1.99. The van der Waals surface area contributed by atoms with Gasteiger partial charge in [-0.25, -0.2) is 9.97 Å². The average Bonchev–Trinajstić information content (AvgIpc) is 2.77. The molecule has 28 heavy (non-hydrogen) atoms. The number of nitrogens with zero attached hydrogens (tertiary/aromatic N) is 4. The van der Waals surface area contributed by atoms with E-state index in [0.29, 0.717) is 13.2 Å². The van der Waals surface area contributed by atoms with Gasteiger partial charge in [-0.2, -0.15) is 0 Å². The molecule has 2 aromatic rings. The molecule has 3 rings (SSSR count). The van der Waals surface area contributed by atoms with E-state index in [1.54, 1.807) is 12.4 Å². The second-order valence-electron chi connectivity index (χ2n) is 7.27. The van der Waals surface area contributed by atoms with Gasteiger partial charge in [0, 0.05) is 45.0 Å². The number of rotatable bonds is 8. The maximum atomic E-state index is 12.7. The highest BCUT2D eigenvalue weighted by Gasteiger charge is 2.27. The van der Waals surface area contributed by atoms with Crippen molar-refractivity contribution >= 4 is 11.9 Å². The number of aryl methyl sites for hydroxylation is 1. The van der Waals surface area contributed by atoms with Gasteiger partial charge in [-0.05, 0) is 49.4 Å². The van der Waals surface area contributed by atoms with Crippen molar-refractivity contribution < 1.29 is 9.53 Å². The predicted molar refractivity (Wildman–Crippen MR) is 111 cm³/mol. The molecule has 0 saturated carbocycles. The summed E-state index contributed by atoms with van der Waals surface area (Å²) in [5, 5.41) is 0. The summed E-state index contributed by atoms with van der Waals surface area (Å²) in [7, 11) is 1.90. The Morgan fingerprint density at radius 1 is 1.21 bits per heavy atom. The molecule has 0 spiro atoms. The zero-order valence-electron chi connectivity index (χ0n) is 16.9. The number of piperidine rings is 1. The third-order valence-electron chi connectivity index (χ3n) is 5.27. The van der Waals surface area contributed by atoms with Crippen LogP contribution in [-0.2, 0) is 11.2 Å². The zero-order valence-corrected chi connectivity index (χ0v) is 16.9. The number of benzene rings is 1. The van der Waals surface area contributed by atoms with Crippen LogP contribution < -0.4 is 9.64 Å². The third kappa shape index (κ3) is 5.44. The summed E-state index contributed by atoms with van der Waals surface area (Å²) in [6.45, 7) is 5.12. The van der Waals surface area contributed by atoms with Crippen LogP contribution in [0.1, 0.15) is 31.7 Å². The quantitative estimate of drug-likeness (QED) is 0.656. The number of aromatic nitrogens is 2. The number of amides is 1. The first kappa shape index (κ1) is 20.1. The topological polar surface area (TPSA) is 58.6 Å². The molecule has 6 nitrogen and oxygen atoms in total. The second kappa shape index (κ2) is 10.1. The maximum absolute atomic E-state index is 12.7. The molecule has 0 aliphatic carbocycles. The first-order valence-electron chi connectivity index (χ1n) is 10.2. The normalized spacial score (nSPS) is 14.7. The smallest absolute Gasteiger partial charge is 0.225 e. The van der Waals surface area contributed by atoms with E-state index in [1.807, 2.05) is 30.1 Å². The van der Waals surface area contributed by atoms with Gasteiger partial charge in [0.1, 0.15) is 5.75 Å². The van der Waals surface area contributed by atoms with Crippen molar-refractivity contribution in [1.82, 2.24) is 14.9 Å². The fraction of sp³-hybridized carbons (Fsp3) is 0.500. The Morgan fingerprint density at radius 3 is 2.68 bits per heavy atom. The maximum Gasteiger partial charge on any atom is 0.225 e. The van der Waals surface area contributed by atoms with Crippen LogP contribution in [0.4, 0.5) is 5.95 Å². The summed E-state index contributed by atoms with van der Waals surface area (Å²) in [4.78, 5) is 25.3. The Kier molecular flexibility index (Phi) is 7.23. The SMILES string of the molecule is CCc1cccc(OCCCN(C)C(=O)C2CCN(c3ncccn3)CC2)c1. The van der Waals surface area contributed by atoms with Gasteiger partial charge in [0.05, 0.1) is 6.61 Å². The molecular weight excluding hydrogens is 352 g/mol. The number of ether oxygens (including phenoxy) is 1. The van der Waals surface area contributed by atoms with Crippen LogP contribution in [0.15, 0.2) is 42.7 Å². The molecule has 0 unspecified atom stereocenters. The Bertz CT molecular complexity index is 745. The van der Waals surface area contributed by atoms with Crippen molar-refractivity contribution in [2.24, 2.45) is 5.92 Å². The van der Waals surface area contributed by atoms with Crippen molar-refractivity contribution in [2.45, 2.75) is 32.6 Å². The molecule has 0 bridgehead atoms. The van der Waals surface area contributed by atoms with E-state index in [-0.39, 0.29) is 11.8 Å². The summed E-state index contributed by atoms with van der Waals surface area (Å²) >= 11 is 0. The first-order valence-corrected chi connectivity index (χ1v) is 10.2. The molecule has 1 aliphatic rings. The zero-order chi connectivity index (χ0) is 19.8. The van der Waals surface area contributed by atoms with Crippen molar-refractivity contribution in [2.75, 3.05) is 38.2 Å². The highest BCUT2D eigenvalue weighted by molar-refractivity contribution is 5.78. The molecular formula is C22H30N4O2. The molecule has 0 atom stereocenters. The minimum atomic E-state index is 0.0899. The molecule has 0 N–H and O–H groups in total.